The van der Waals surface area contributed by atoms with Crippen molar-refractivity contribution in [2.24, 2.45) is 0 Å². The van der Waals surface area contributed by atoms with E-state index in [2.05, 4.69) is 0 Å². The Morgan fingerprint density at radius 2 is 1.09 bits per heavy atom. The molecule has 4 N–H and O–H groups in total. The molecule has 2 atom stereocenters. The number of aromatic hydroxyl groups is 4. The van der Waals surface area contributed by atoms with Gasteiger partial charge in [0.15, 0.2) is 23.0 Å². The van der Waals surface area contributed by atoms with Crippen LogP contribution in [0.25, 0.3) is 0 Å². The van der Waals surface area contributed by atoms with Crippen LogP contribution in [0.5, 0.6) is 23.0 Å². The molecule has 2 aromatic carbocycles. The maximum Gasteiger partial charge on any atom is 0.410 e. The van der Waals surface area contributed by atoms with E-state index in [-0.39, 0.29) is 49.3 Å². The van der Waals surface area contributed by atoms with Gasteiger partial charge in [-0.3, -0.25) is 9.80 Å². The summed E-state index contributed by atoms with van der Waals surface area (Å²) in [5, 5.41) is 40.7. The van der Waals surface area contributed by atoms with E-state index < -0.39 is 24.3 Å². The van der Waals surface area contributed by atoms with E-state index in [0.717, 1.165) is 0 Å². The lowest BCUT2D eigenvalue weighted by Crippen LogP contribution is -2.50. The quantitative estimate of drug-likeness (QED) is 0.499. The Labute approximate surface area is 196 Å². The number of rotatable bonds is 3. The van der Waals surface area contributed by atoms with Crippen LogP contribution in [-0.2, 0) is 22.3 Å². The minimum atomic E-state index is -0.818. The third-order valence-corrected chi connectivity index (χ3v) is 6.33. The van der Waals surface area contributed by atoms with Crippen molar-refractivity contribution in [1.82, 2.24) is 9.80 Å². The summed E-state index contributed by atoms with van der Waals surface area (Å²) in [7, 11) is 0. The minimum Gasteiger partial charge on any atom is -0.504 e. The van der Waals surface area contributed by atoms with Crippen molar-refractivity contribution in [2.75, 3.05) is 26.3 Å². The SMILES string of the molecule is CCOC(=O)N1CCc2cc(O)c(O)cc2[C@H]1[C@@H]1c2cc(O)c(O)cc2CCN1C(=O)OCC. The van der Waals surface area contributed by atoms with Crippen molar-refractivity contribution in [3.05, 3.63) is 46.5 Å². The van der Waals surface area contributed by atoms with Crippen LogP contribution >= 0.6 is 0 Å². The van der Waals surface area contributed by atoms with Crippen molar-refractivity contribution in [1.29, 1.82) is 0 Å². The zero-order valence-electron chi connectivity index (χ0n) is 19.0. The summed E-state index contributed by atoms with van der Waals surface area (Å²) in [5.41, 5.74) is 2.49. The van der Waals surface area contributed by atoms with Gasteiger partial charge >= 0.3 is 12.2 Å². The predicted molar refractivity (Wildman–Crippen MR) is 120 cm³/mol. The Morgan fingerprint density at radius 1 is 0.735 bits per heavy atom. The fourth-order valence-electron chi connectivity index (χ4n) is 4.86. The fraction of sp³-hybridized carbons (Fsp3) is 0.417. The first-order valence-corrected chi connectivity index (χ1v) is 11.2. The second-order valence-electron chi connectivity index (χ2n) is 8.25. The Hall–Kier alpha value is -3.82. The summed E-state index contributed by atoms with van der Waals surface area (Å²) in [4.78, 5) is 29.0. The van der Waals surface area contributed by atoms with Crippen molar-refractivity contribution in [3.8, 4) is 23.0 Å². The van der Waals surface area contributed by atoms with Gasteiger partial charge < -0.3 is 29.9 Å². The first-order valence-electron chi connectivity index (χ1n) is 11.2. The predicted octanol–water partition coefficient (Wildman–Crippen LogP) is 3.32. The smallest absolute Gasteiger partial charge is 0.410 e. The lowest BCUT2D eigenvalue weighted by atomic mass is 9.80. The largest absolute Gasteiger partial charge is 0.504 e. The first-order chi connectivity index (χ1) is 16.3. The molecule has 0 fully saturated rings. The van der Waals surface area contributed by atoms with Crippen LogP contribution in [0, 0.1) is 0 Å². The molecule has 0 unspecified atom stereocenters. The first kappa shape index (κ1) is 23.3. The molecule has 2 aromatic rings. The third-order valence-electron chi connectivity index (χ3n) is 6.33. The highest BCUT2D eigenvalue weighted by atomic mass is 16.6. The van der Waals surface area contributed by atoms with Gasteiger partial charge in [0.2, 0.25) is 0 Å². The number of fused-ring (bicyclic) bond motifs is 2. The van der Waals surface area contributed by atoms with Crippen molar-refractivity contribution in [3.63, 3.8) is 0 Å². The third kappa shape index (κ3) is 4.00. The van der Waals surface area contributed by atoms with E-state index in [1.54, 1.807) is 13.8 Å². The summed E-state index contributed by atoms with van der Waals surface area (Å²) in [6.45, 7) is 4.16. The average Bonchev–Trinajstić information content (AvgIpc) is 2.80. The summed E-state index contributed by atoms with van der Waals surface area (Å²) >= 11 is 0. The van der Waals surface area contributed by atoms with Crippen molar-refractivity contribution in [2.45, 2.75) is 38.8 Å². The topological polar surface area (TPSA) is 140 Å². The Morgan fingerprint density at radius 3 is 1.44 bits per heavy atom. The molecular weight excluding hydrogens is 444 g/mol. The van der Waals surface area contributed by atoms with E-state index >= 15 is 0 Å². The van der Waals surface area contributed by atoms with Gasteiger partial charge in [-0.2, -0.15) is 0 Å². The number of hydrogen-bond acceptors (Lipinski definition) is 8. The molecule has 34 heavy (non-hydrogen) atoms. The van der Waals surface area contributed by atoms with Crippen LogP contribution in [-0.4, -0.2) is 68.7 Å². The van der Waals surface area contributed by atoms with Crippen LogP contribution in [0.1, 0.15) is 48.2 Å². The Balaban J connectivity index is 1.95. The van der Waals surface area contributed by atoms with Gasteiger partial charge in [0.1, 0.15) is 0 Å². The monoisotopic (exact) mass is 472 g/mol. The maximum absolute atomic E-state index is 13.0. The number of amides is 2. The second-order valence-corrected chi connectivity index (χ2v) is 8.25. The molecule has 0 spiro atoms. The molecule has 10 nitrogen and oxygen atoms in total. The van der Waals surface area contributed by atoms with E-state index in [9.17, 15) is 30.0 Å². The molecule has 182 valence electrons. The molecule has 10 heteroatoms. The van der Waals surface area contributed by atoms with Crippen LogP contribution in [0.2, 0.25) is 0 Å². The van der Waals surface area contributed by atoms with Crippen LogP contribution < -0.4 is 0 Å². The number of phenolic OH excluding ortho intramolecular Hbond substituents is 4. The number of carbonyl (C=O) groups excluding carboxylic acids is 2. The van der Waals surface area contributed by atoms with Gasteiger partial charge in [0, 0.05) is 13.1 Å². The van der Waals surface area contributed by atoms with Crippen molar-refractivity contribution >= 4 is 12.2 Å². The van der Waals surface area contributed by atoms with Gasteiger partial charge in [0.05, 0.1) is 25.3 Å². The molecular formula is C24H28N2O8. The number of hydrogen-bond donors (Lipinski definition) is 4. The molecule has 4 rings (SSSR count). The molecule has 2 aliphatic rings. The molecule has 2 heterocycles. The summed E-state index contributed by atoms with van der Waals surface area (Å²) in [5.74, 6) is -1.28. The standard InChI is InChI=1S/C24H28N2O8/c1-3-33-23(31)25-7-5-13-9-17(27)19(29)11-15(13)21(25)22-16-12-20(30)18(28)10-14(16)6-8-26(22)24(32)34-4-2/h9-12,21-22,27-30H,3-8H2,1-2H3/t21-,22-/m0/s1. The summed E-state index contributed by atoms with van der Waals surface area (Å²) in [6.07, 6.45) is -0.384. The van der Waals surface area contributed by atoms with E-state index in [1.165, 1.54) is 34.1 Å². The van der Waals surface area contributed by atoms with Gasteiger partial charge in [-0.15, -0.1) is 0 Å². The number of phenols is 4. The number of nitrogens with zero attached hydrogens (tertiary/aromatic N) is 2. The van der Waals surface area contributed by atoms with E-state index in [1.807, 2.05) is 0 Å². The van der Waals surface area contributed by atoms with Gasteiger partial charge in [-0.05, 0) is 73.2 Å². The highest BCUT2D eigenvalue weighted by Gasteiger charge is 2.45. The minimum absolute atomic E-state index is 0.146. The Kier molecular flexibility index (Phi) is 6.32. The molecule has 0 aliphatic carbocycles. The van der Waals surface area contributed by atoms with Crippen molar-refractivity contribution < 1.29 is 39.5 Å². The second kappa shape index (κ2) is 9.20. The summed E-state index contributed by atoms with van der Waals surface area (Å²) < 4.78 is 10.6. The Bertz CT molecular complexity index is 1030. The lowest BCUT2D eigenvalue weighted by molar-refractivity contribution is 0.0339. The van der Waals surface area contributed by atoms with Gasteiger partial charge in [-0.1, -0.05) is 0 Å². The van der Waals surface area contributed by atoms with Crippen LogP contribution in [0.15, 0.2) is 24.3 Å². The number of carbonyl (C=O) groups is 2. The fourth-order valence-corrected chi connectivity index (χ4v) is 4.86. The normalized spacial score (nSPS) is 19.2. The molecule has 0 aromatic heterocycles. The molecule has 0 saturated carbocycles. The molecule has 0 saturated heterocycles. The molecule has 2 aliphatic heterocycles. The summed E-state index contributed by atoms with van der Waals surface area (Å²) in [6, 6.07) is 4.04. The highest BCUT2D eigenvalue weighted by Crippen LogP contribution is 2.49. The molecule has 0 radical (unpaired) electrons. The molecule has 0 bridgehead atoms. The van der Waals surface area contributed by atoms with E-state index in [0.29, 0.717) is 35.1 Å². The molecule has 2 amide bonds. The number of ether oxygens (including phenoxy) is 2. The zero-order valence-corrected chi connectivity index (χ0v) is 19.0. The number of benzene rings is 2. The lowest BCUT2D eigenvalue weighted by Gasteiger charge is -2.47. The van der Waals surface area contributed by atoms with Gasteiger partial charge in [-0.25, -0.2) is 9.59 Å². The zero-order chi connectivity index (χ0) is 24.6. The van der Waals surface area contributed by atoms with Crippen LogP contribution in [0.3, 0.4) is 0 Å². The van der Waals surface area contributed by atoms with Gasteiger partial charge in [0.25, 0.3) is 0 Å². The van der Waals surface area contributed by atoms with Crippen LogP contribution in [0.4, 0.5) is 9.59 Å². The maximum atomic E-state index is 13.0. The van der Waals surface area contributed by atoms with E-state index in [4.69, 9.17) is 9.47 Å². The average molecular weight is 472 g/mol. The highest BCUT2D eigenvalue weighted by molar-refractivity contribution is 5.72.